The minimum Gasteiger partial charge on any atom is -0.497 e. The maximum absolute atomic E-state index is 13.5. The third-order valence-corrected chi connectivity index (χ3v) is 8.64. The Morgan fingerprint density at radius 1 is 0.976 bits per heavy atom. The minimum atomic E-state index is -3.96. The number of aromatic nitrogens is 1. The van der Waals surface area contributed by atoms with Gasteiger partial charge in [-0.2, -0.15) is 9.41 Å². The van der Waals surface area contributed by atoms with Crippen molar-refractivity contribution >= 4 is 22.1 Å². The van der Waals surface area contributed by atoms with Crippen LogP contribution in [0, 0.1) is 13.8 Å². The Morgan fingerprint density at radius 3 is 2.29 bits per heavy atom. The summed E-state index contributed by atoms with van der Waals surface area (Å²) < 4.78 is 41.0. The van der Waals surface area contributed by atoms with Gasteiger partial charge < -0.3 is 14.0 Å². The van der Waals surface area contributed by atoms with Gasteiger partial charge in [0.25, 0.3) is 5.91 Å². The number of nitrogens with zero attached hydrogens (tertiary/aromatic N) is 3. The maximum Gasteiger partial charge on any atom is 0.255 e. The zero-order valence-electron chi connectivity index (χ0n) is 24.3. The van der Waals surface area contributed by atoms with Gasteiger partial charge in [0.05, 0.1) is 31.4 Å². The molecule has 220 valence electrons. The number of nitrogens with one attached hydrogen (secondary N) is 1. The summed E-state index contributed by atoms with van der Waals surface area (Å²) in [5.74, 6) is 0.801. The molecule has 1 amide bonds. The molecule has 0 radical (unpaired) electrons. The summed E-state index contributed by atoms with van der Waals surface area (Å²) in [5.41, 5.74) is 7.22. The largest absolute Gasteiger partial charge is 0.497 e. The highest BCUT2D eigenvalue weighted by molar-refractivity contribution is 7.89. The van der Waals surface area contributed by atoms with Crippen molar-refractivity contribution in [3.05, 3.63) is 107 Å². The molecule has 42 heavy (non-hydrogen) atoms. The van der Waals surface area contributed by atoms with Gasteiger partial charge in [0.2, 0.25) is 10.0 Å². The van der Waals surface area contributed by atoms with Crippen LogP contribution < -0.4 is 14.9 Å². The number of benzene rings is 3. The lowest BCUT2D eigenvalue weighted by Gasteiger charge is -2.21. The number of carbonyl (C=O) groups excluding carboxylic acids is 1. The van der Waals surface area contributed by atoms with Crippen LogP contribution in [0.15, 0.2) is 94.9 Å². The number of hydrazone groups is 1. The highest BCUT2D eigenvalue weighted by Gasteiger charge is 2.26. The molecular weight excluding hydrogens is 552 g/mol. The second-order valence-electron chi connectivity index (χ2n) is 9.63. The molecule has 0 fully saturated rings. The van der Waals surface area contributed by atoms with Gasteiger partial charge in [-0.1, -0.05) is 30.3 Å². The molecule has 0 aliphatic heterocycles. The van der Waals surface area contributed by atoms with Gasteiger partial charge in [-0.05, 0) is 87.4 Å². The lowest BCUT2D eigenvalue weighted by atomic mass is 10.1. The second-order valence-corrected chi connectivity index (χ2v) is 11.6. The normalized spacial score (nSPS) is 11.6. The first-order chi connectivity index (χ1) is 20.2. The average molecular weight is 589 g/mol. The van der Waals surface area contributed by atoms with Crippen LogP contribution in [-0.4, -0.2) is 56.2 Å². The molecule has 0 saturated carbocycles. The fourth-order valence-electron chi connectivity index (χ4n) is 4.62. The summed E-state index contributed by atoms with van der Waals surface area (Å²) in [5, 5.41) is 4.14. The van der Waals surface area contributed by atoms with E-state index >= 15 is 0 Å². The van der Waals surface area contributed by atoms with E-state index < -0.39 is 15.9 Å². The highest BCUT2D eigenvalue weighted by Crippen LogP contribution is 2.23. The number of hydrogen-bond donors (Lipinski definition) is 1. The van der Waals surface area contributed by atoms with Crippen LogP contribution in [0.2, 0.25) is 0 Å². The van der Waals surface area contributed by atoms with Crippen molar-refractivity contribution in [3.63, 3.8) is 0 Å². The Labute approximate surface area is 247 Å². The van der Waals surface area contributed by atoms with E-state index in [1.807, 2.05) is 81.4 Å². The number of methoxy groups -OCH3 is 1. The summed E-state index contributed by atoms with van der Waals surface area (Å²) in [6.45, 7) is 6.25. The molecule has 9 nitrogen and oxygen atoms in total. The molecule has 0 saturated heterocycles. The number of amides is 1. The summed E-state index contributed by atoms with van der Waals surface area (Å²) >= 11 is 0. The van der Waals surface area contributed by atoms with E-state index in [4.69, 9.17) is 9.47 Å². The number of carbonyl (C=O) groups is 1. The molecule has 3 aromatic carbocycles. The fraction of sp³-hybridized carbons (Fsp3) is 0.250. The molecule has 4 rings (SSSR count). The highest BCUT2D eigenvalue weighted by atomic mass is 32.2. The molecule has 1 N–H and O–H groups in total. The summed E-state index contributed by atoms with van der Waals surface area (Å²) in [6, 6.07) is 25.4. The first kappa shape index (κ1) is 30.5. The monoisotopic (exact) mass is 588 g/mol. The Bertz CT molecular complexity index is 1610. The van der Waals surface area contributed by atoms with Crippen molar-refractivity contribution in [1.29, 1.82) is 0 Å². The molecule has 0 atom stereocenters. The fourth-order valence-corrected chi connectivity index (χ4v) is 6.02. The van der Waals surface area contributed by atoms with Crippen LogP contribution in [0.4, 0.5) is 0 Å². The van der Waals surface area contributed by atoms with E-state index in [0.717, 1.165) is 34.0 Å². The van der Waals surface area contributed by atoms with E-state index in [1.54, 1.807) is 18.3 Å². The SMILES string of the molecule is CCOc1ccc(-n2c(C)cc(/C=N/NC(=O)CN(CCc3ccccc3)S(=O)(=O)c3ccc(OC)cc3)c2C)cc1. The minimum absolute atomic E-state index is 0.0781. The van der Waals surface area contributed by atoms with Crippen LogP contribution in [0.5, 0.6) is 11.5 Å². The Kier molecular flexibility index (Phi) is 10.2. The van der Waals surface area contributed by atoms with Crippen molar-refractivity contribution in [3.8, 4) is 17.2 Å². The van der Waals surface area contributed by atoms with Crippen LogP contribution >= 0.6 is 0 Å². The van der Waals surface area contributed by atoms with Gasteiger partial charge in [-0.25, -0.2) is 13.8 Å². The van der Waals surface area contributed by atoms with Crippen molar-refractivity contribution in [2.45, 2.75) is 32.1 Å². The second kappa shape index (κ2) is 14.0. The third-order valence-electron chi connectivity index (χ3n) is 6.78. The number of rotatable bonds is 13. The first-order valence-electron chi connectivity index (χ1n) is 13.6. The number of sulfonamides is 1. The predicted octanol–water partition coefficient (Wildman–Crippen LogP) is 4.89. The Balaban J connectivity index is 1.47. The molecule has 10 heteroatoms. The average Bonchev–Trinajstić information content (AvgIpc) is 3.28. The first-order valence-corrected chi connectivity index (χ1v) is 15.1. The van der Waals surface area contributed by atoms with Crippen molar-refractivity contribution < 1.29 is 22.7 Å². The van der Waals surface area contributed by atoms with Gasteiger partial charge in [0.1, 0.15) is 11.5 Å². The van der Waals surface area contributed by atoms with Crippen molar-refractivity contribution in [1.82, 2.24) is 14.3 Å². The summed E-state index contributed by atoms with van der Waals surface area (Å²) in [7, 11) is -2.45. The Morgan fingerprint density at radius 2 is 1.64 bits per heavy atom. The summed E-state index contributed by atoms with van der Waals surface area (Å²) in [4.78, 5) is 13.0. The quantitative estimate of drug-likeness (QED) is 0.177. The molecule has 0 bridgehead atoms. The molecule has 0 unspecified atom stereocenters. The van der Waals surface area contributed by atoms with Crippen LogP contribution in [-0.2, 0) is 21.2 Å². The molecule has 0 aliphatic rings. The standard InChI is InChI=1S/C32H36N4O5S/c1-5-41-30-13-11-28(12-14-30)36-24(2)21-27(25(36)3)22-33-34-32(37)23-35(20-19-26-9-7-6-8-10-26)42(38,39)31-17-15-29(40-4)16-18-31/h6-18,21-22H,5,19-20,23H2,1-4H3,(H,34,37)/b33-22+. The smallest absolute Gasteiger partial charge is 0.255 e. The van der Waals surface area contributed by atoms with Gasteiger partial charge >= 0.3 is 0 Å². The number of hydrogen-bond acceptors (Lipinski definition) is 6. The van der Waals surface area contributed by atoms with E-state index in [0.29, 0.717) is 18.8 Å². The van der Waals surface area contributed by atoms with E-state index in [1.165, 1.54) is 23.5 Å². The van der Waals surface area contributed by atoms with Crippen LogP contribution in [0.25, 0.3) is 5.69 Å². The lowest BCUT2D eigenvalue weighted by Crippen LogP contribution is -2.40. The zero-order chi connectivity index (χ0) is 30.1. The van der Waals surface area contributed by atoms with Gasteiger partial charge in [0.15, 0.2) is 0 Å². The van der Waals surface area contributed by atoms with Gasteiger partial charge in [0, 0.05) is 29.2 Å². The topological polar surface area (TPSA) is 102 Å². The zero-order valence-corrected chi connectivity index (χ0v) is 25.1. The lowest BCUT2D eigenvalue weighted by molar-refractivity contribution is -0.121. The molecule has 4 aromatic rings. The molecule has 1 heterocycles. The predicted molar refractivity (Wildman–Crippen MR) is 164 cm³/mol. The van der Waals surface area contributed by atoms with Crippen molar-refractivity contribution in [2.24, 2.45) is 5.10 Å². The molecular formula is C32H36N4O5S. The van der Waals surface area contributed by atoms with Crippen LogP contribution in [0.1, 0.15) is 29.4 Å². The van der Waals surface area contributed by atoms with E-state index in [2.05, 4.69) is 15.1 Å². The van der Waals surface area contributed by atoms with E-state index in [9.17, 15) is 13.2 Å². The summed E-state index contributed by atoms with van der Waals surface area (Å²) in [6.07, 6.45) is 2.02. The van der Waals surface area contributed by atoms with E-state index in [-0.39, 0.29) is 18.0 Å². The van der Waals surface area contributed by atoms with Gasteiger partial charge in [-0.3, -0.25) is 4.79 Å². The number of ether oxygens (including phenoxy) is 2. The molecule has 0 spiro atoms. The third kappa shape index (κ3) is 7.45. The van der Waals surface area contributed by atoms with Gasteiger partial charge in [-0.15, -0.1) is 0 Å². The molecule has 0 aliphatic carbocycles. The van der Waals surface area contributed by atoms with Crippen LogP contribution in [0.3, 0.4) is 0 Å². The molecule has 1 aromatic heterocycles. The maximum atomic E-state index is 13.5. The van der Waals surface area contributed by atoms with Crippen molar-refractivity contribution in [2.75, 3.05) is 26.8 Å². The number of aryl methyl sites for hydroxylation is 1. The Hall–Kier alpha value is -4.41.